The van der Waals surface area contributed by atoms with Gasteiger partial charge in [-0.05, 0) is 37.6 Å². The van der Waals surface area contributed by atoms with Crippen LogP contribution in [0.15, 0.2) is 48.5 Å². The molecule has 0 radical (unpaired) electrons. The fraction of sp³-hybridized carbons (Fsp3) is 0.350. The molecule has 1 saturated heterocycles. The van der Waals surface area contributed by atoms with E-state index in [1.165, 1.54) is 0 Å². The molecule has 5 heteroatoms. The minimum absolute atomic E-state index is 0.0351. The van der Waals surface area contributed by atoms with Crippen molar-refractivity contribution < 1.29 is 9.53 Å². The van der Waals surface area contributed by atoms with Gasteiger partial charge in [-0.1, -0.05) is 30.3 Å². The van der Waals surface area contributed by atoms with Crippen molar-refractivity contribution in [3.05, 3.63) is 54.1 Å². The molecule has 2 amide bonds. The maximum Gasteiger partial charge on any atom is 0.321 e. The van der Waals surface area contributed by atoms with Gasteiger partial charge in [0.2, 0.25) is 0 Å². The van der Waals surface area contributed by atoms with E-state index in [2.05, 4.69) is 16.3 Å². The number of hydrogen-bond acceptors (Lipinski definition) is 3. The van der Waals surface area contributed by atoms with Gasteiger partial charge >= 0.3 is 6.03 Å². The van der Waals surface area contributed by atoms with Crippen LogP contribution in [0.1, 0.15) is 12.5 Å². The number of hydrogen-bond donors (Lipinski definition) is 1. The average molecular weight is 339 g/mol. The van der Waals surface area contributed by atoms with E-state index in [0.29, 0.717) is 19.7 Å². The van der Waals surface area contributed by atoms with E-state index in [4.69, 9.17) is 4.74 Å². The Balaban J connectivity index is 1.60. The highest BCUT2D eigenvalue weighted by atomic mass is 16.5. The highest BCUT2D eigenvalue weighted by Crippen LogP contribution is 2.28. The van der Waals surface area contributed by atoms with Crippen LogP contribution in [-0.4, -0.2) is 43.7 Å². The van der Waals surface area contributed by atoms with Crippen molar-refractivity contribution in [2.45, 2.75) is 13.8 Å². The Labute approximate surface area is 149 Å². The molecule has 1 heterocycles. The number of piperazine rings is 1. The second-order valence-electron chi connectivity index (χ2n) is 6.12. The largest absolute Gasteiger partial charge is 0.492 e. The summed E-state index contributed by atoms with van der Waals surface area (Å²) >= 11 is 0. The molecule has 2 aromatic rings. The van der Waals surface area contributed by atoms with E-state index < -0.39 is 0 Å². The SMILES string of the molecule is CCOc1ccccc1N1CCN(C(=O)Nc2ccccc2C)CC1. The van der Waals surface area contributed by atoms with E-state index in [9.17, 15) is 4.79 Å². The standard InChI is InChI=1S/C20H25N3O2/c1-3-25-19-11-7-6-10-18(19)22-12-14-23(15-13-22)20(24)21-17-9-5-4-8-16(17)2/h4-11H,3,12-15H2,1-2H3,(H,21,24). The maximum absolute atomic E-state index is 12.5. The fourth-order valence-corrected chi connectivity index (χ4v) is 3.05. The number of nitrogens with one attached hydrogen (secondary N) is 1. The first-order chi connectivity index (χ1) is 12.2. The first-order valence-electron chi connectivity index (χ1n) is 8.77. The zero-order valence-corrected chi connectivity index (χ0v) is 14.9. The van der Waals surface area contributed by atoms with E-state index in [0.717, 1.165) is 35.8 Å². The molecular formula is C20H25N3O2. The summed E-state index contributed by atoms with van der Waals surface area (Å²) in [4.78, 5) is 16.7. The Morgan fingerprint density at radius 2 is 1.72 bits per heavy atom. The Morgan fingerprint density at radius 3 is 2.44 bits per heavy atom. The van der Waals surface area contributed by atoms with Gasteiger partial charge in [0.1, 0.15) is 5.75 Å². The van der Waals surface area contributed by atoms with Gasteiger partial charge in [-0.25, -0.2) is 4.79 Å². The number of carbonyl (C=O) groups is 1. The third-order valence-electron chi connectivity index (χ3n) is 4.46. The molecule has 0 unspecified atom stereocenters. The summed E-state index contributed by atoms with van der Waals surface area (Å²) in [6, 6.07) is 15.9. The van der Waals surface area contributed by atoms with Crippen LogP contribution in [0.2, 0.25) is 0 Å². The molecule has 0 bridgehead atoms. The molecule has 132 valence electrons. The predicted octanol–water partition coefficient (Wildman–Crippen LogP) is 3.75. The summed E-state index contributed by atoms with van der Waals surface area (Å²) in [5.41, 5.74) is 3.04. The van der Waals surface area contributed by atoms with Crippen LogP contribution in [-0.2, 0) is 0 Å². The zero-order valence-electron chi connectivity index (χ0n) is 14.9. The molecule has 2 aromatic carbocycles. The van der Waals surface area contributed by atoms with Crippen molar-refractivity contribution in [1.82, 2.24) is 4.90 Å². The van der Waals surface area contributed by atoms with Crippen molar-refractivity contribution in [2.24, 2.45) is 0 Å². The number of aryl methyl sites for hydroxylation is 1. The number of ether oxygens (including phenoxy) is 1. The monoisotopic (exact) mass is 339 g/mol. The third-order valence-corrected chi connectivity index (χ3v) is 4.46. The van der Waals surface area contributed by atoms with Gasteiger partial charge < -0.3 is 19.9 Å². The molecule has 5 nitrogen and oxygen atoms in total. The number of para-hydroxylation sites is 3. The molecule has 1 aliphatic heterocycles. The average Bonchev–Trinajstić information content (AvgIpc) is 2.64. The predicted molar refractivity (Wildman–Crippen MR) is 102 cm³/mol. The summed E-state index contributed by atoms with van der Waals surface area (Å²) in [6.45, 7) is 7.62. The molecule has 0 spiro atoms. The van der Waals surface area contributed by atoms with Crippen LogP contribution < -0.4 is 15.0 Å². The number of amides is 2. The zero-order chi connectivity index (χ0) is 17.6. The highest BCUT2D eigenvalue weighted by Gasteiger charge is 2.23. The summed E-state index contributed by atoms with van der Waals surface area (Å²) in [7, 11) is 0. The number of rotatable bonds is 4. The van der Waals surface area contributed by atoms with E-state index in [-0.39, 0.29) is 6.03 Å². The van der Waals surface area contributed by atoms with Gasteiger partial charge in [0.05, 0.1) is 12.3 Å². The van der Waals surface area contributed by atoms with Gasteiger partial charge in [-0.3, -0.25) is 0 Å². The minimum atomic E-state index is -0.0351. The summed E-state index contributed by atoms with van der Waals surface area (Å²) < 4.78 is 5.72. The Kier molecular flexibility index (Phi) is 5.43. The second kappa shape index (κ2) is 7.92. The van der Waals surface area contributed by atoms with E-state index in [1.54, 1.807) is 0 Å². The third kappa shape index (κ3) is 4.05. The molecule has 0 aliphatic carbocycles. The van der Waals surface area contributed by atoms with Crippen molar-refractivity contribution in [2.75, 3.05) is 43.0 Å². The fourth-order valence-electron chi connectivity index (χ4n) is 3.05. The number of nitrogens with zero attached hydrogens (tertiary/aromatic N) is 2. The number of anilines is 2. The molecule has 3 rings (SSSR count). The van der Waals surface area contributed by atoms with Gasteiger partial charge in [0, 0.05) is 31.9 Å². The second-order valence-corrected chi connectivity index (χ2v) is 6.12. The molecular weight excluding hydrogens is 314 g/mol. The topological polar surface area (TPSA) is 44.8 Å². The Bertz CT molecular complexity index is 724. The van der Waals surface area contributed by atoms with Crippen molar-refractivity contribution >= 4 is 17.4 Å². The lowest BCUT2D eigenvalue weighted by atomic mass is 10.2. The first-order valence-corrected chi connectivity index (χ1v) is 8.77. The van der Waals surface area contributed by atoms with Gasteiger partial charge in [-0.2, -0.15) is 0 Å². The van der Waals surface area contributed by atoms with Crippen LogP contribution in [0.3, 0.4) is 0 Å². The van der Waals surface area contributed by atoms with Crippen molar-refractivity contribution in [3.8, 4) is 5.75 Å². The maximum atomic E-state index is 12.5. The van der Waals surface area contributed by atoms with Crippen LogP contribution in [0, 0.1) is 6.92 Å². The van der Waals surface area contributed by atoms with Gasteiger partial charge in [0.25, 0.3) is 0 Å². The quantitative estimate of drug-likeness (QED) is 0.923. The molecule has 1 fully saturated rings. The van der Waals surface area contributed by atoms with Crippen LogP contribution in [0.25, 0.3) is 0 Å². The van der Waals surface area contributed by atoms with Crippen molar-refractivity contribution in [1.29, 1.82) is 0 Å². The van der Waals surface area contributed by atoms with Crippen LogP contribution >= 0.6 is 0 Å². The lowest BCUT2D eigenvalue weighted by Crippen LogP contribution is -2.50. The van der Waals surface area contributed by atoms with Gasteiger partial charge in [-0.15, -0.1) is 0 Å². The molecule has 1 aliphatic rings. The molecule has 0 saturated carbocycles. The Morgan fingerprint density at radius 1 is 1.04 bits per heavy atom. The van der Waals surface area contributed by atoms with Gasteiger partial charge in [0.15, 0.2) is 0 Å². The first kappa shape index (κ1) is 17.1. The normalized spacial score (nSPS) is 14.3. The minimum Gasteiger partial charge on any atom is -0.492 e. The lowest BCUT2D eigenvalue weighted by molar-refractivity contribution is 0.208. The van der Waals surface area contributed by atoms with Crippen LogP contribution in [0.4, 0.5) is 16.2 Å². The molecule has 1 N–H and O–H groups in total. The number of urea groups is 1. The molecule has 0 atom stereocenters. The van der Waals surface area contributed by atoms with Crippen molar-refractivity contribution in [3.63, 3.8) is 0 Å². The lowest BCUT2D eigenvalue weighted by Gasteiger charge is -2.36. The Hall–Kier alpha value is -2.69. The summed E-state index contributed by atoms with van der Waals surface area (Å²) in [6.07, 6.45) is 0. The summed E-state index contributed by atoms with van der Waals surface area (Å²) in [5, 5.41) is 3.01. The summed E-state index contributed by atoms with van der Waals surface area (Å²) in [5.74, 6) is 0.905. The number of benzene rings is 2. The van der Waals surface area contributed by atoms with E-state index in [1.807, 2.05) is 61.2 Å². The highest BCUT2D eigenvalue weighted by molar-refractivity contribution is 5.90. The van der Waals surface area contributed by atoms with E-state index >= 15 is 0 Å². The van der Waals surface area contributed by atoms with Crippen LogP contribution in [0.5, 0.6) is 5.75 Å². The smallest absolute Gasteiger partial charge is 0.321 e. The molecule has 25 heavy (non-hydrogen) atoms. The molecule has 0 aromatic heterocycles. The number of carbonyl (C=O) groups excluding carboxylic acids is 1.